The lowest BCUT2D eigenvalue weighted by Crippen LogP contribution is -2.28. The van der Waals surface area contributed by atoms with Gasteiger partial charge in [-0.25, -0.2) is 4.98 Å². The molecule has 2 heterocycles. The zero-order valence-electron chi connectivity index (χ0n) is 15.8. The molecule has 29 heavy (non-hydrogen) atoms. The lowest BCUT2D eigenvalue weighted by atomic mass is 10.2. The van der Waals surface area contributed by atoms with E-state index in [2.05, 4.69) is 20.6 Å². The summed E-state index contributed by atoms with van der Waals surface area (Å²) in [5, 5.41) is 7.93. The van der Waals surface area contributed by atoms with E-state index in [0.29, 0.717) is 29.5 Å². The largest absolute Gasteiger partial charge is 0.383 e. The van der Waals surface area contributed by atoms with Crippen molar-refractivity contribution in [1.82, 2.24) is 15.3 Å². The number of ether oxygens (including phenoxy) is 1. The molecule has 0 aliphatic rings. The van der Waals surface area contributed by atoms with Gasteiger partial charge in [0.25, 0.3) is 5.91 Å². The molecule has 150 valence electrons. The first-order chi connectivity index (χ1) is 14.2. The first-order valence-corrected chi connectivity index (χ1v) is 10.7. The first-order valence-electron chi connectivity index (χ1n) is 8.83. The average Bonchev–Trinajstić information content (AvgIpc) is 3.22. The number of carbonyl (C=O) groups excluding carboxylic acids is 2. The Bertz CT molecular complexity index is 963. The fourth-order valence-electron chi connectivity index (χ4n) is 2.39. The number of hydrogen-bond donors (Lipinski definition) is 2. The molecule has 0 aliphatic carbocycles. The van der Waals surface area contributed by atoms with Gasteiger partial charge in [-0.05, 0) is 24.3 Å². The number of pyridine rings is 1. The van der Waals surface area contributed by atoms with Crippen LogP contribution in [0.5, 0.6) is 0 Å². The highest BCUT2D eigenvalue weighted by molar-refractivity contribution is 8.00. The second-order valence-corrected chi connectivity index (χ2v) is 7.71. The van der Waals surface area contributed by atoms with Crippen LogP contribution in [0.15, 0.2) is 58.9 Å². The zero-order valence-corrected chi connectivity index (χ0v) is 17.4. The third-order valence-electron chi connectivity index (χ3n) is 3.77. The molecule has 0 bridgehead atoms. The van der Waals surface area contributed by atoms with Crippen molar-refractivity contribution >= 4 is 40.0 Å². The van der Waals surface area contributed by atoms with Crippen LogP contribution >= 0.6 is 23.1 Å². The molecule has 0 atom stereocenters. The minimum atomic E-state index is -0.269. The quantitative estimate of drug-likeness (QED) is 0.401. The second kappa shape index (κ2) is 10.7. The normalized spacial score (nSPS) is 10.5. The zero-order chi connectivity index (χ0) is 20.5. The first kappa shape index (κ1) is 21.0. The van der Waals surface area contributed by atoms with Crippen LogP contribution in [0.4, 0.5) is 5.13 Å². The minimum absolute atomic E-state index is 0.109. The standard InChI is InChI=1S/C20H20N4O3S2/c1-27-11-10-22-18(25)13-28-17-8-3-2-6-14(17)19(26)24-20-23-16(12-29-20)15-7-4-5-9-21-15/h2-9,12H,10-11,13H2,1H3,(H,22,25)(H,23,24,26). The van der Waals surface area contributed by atoms with Gasteiger partial charge < -0.3 is 10.1 Å². The summed E-state index contributed by atoms with van der Waals surface area (Å²) in [6.45, 7) is 0.921. The summed E-state index contributed by atoms with van der Waals surface area (Å²) in [4.78, 5) is 34.1. The maximum absolute atomic E-state index is 12.7. The molecule has 2 N–H and O–H groups in total. The Morgan fingerprint density at radius 1 is 1.14 bits per heavy atom. The number of nitrogens with one attached hydrogen (secondary N) is 2. The lowest BCUT2D eigenvalue weighted by molar-refractivity contribution is -0.118. The molecule has 0 unspecified atom stereocenters. The molecule has 1 aromatic carbocycles. The van der Waals surface area contributed by atoms with E-state index < -0.39 is 0 Å². The van der Waals surface area contributed by atoms with Crippen molar-refractivity contribution in [2.45, 2.75) is 4.90 Å². The molecule has 3 aromatic rings. The molecule has 2 aromatic heterocycles. The summed E-state index contributed by atoms with van der Waals surface area (Å²) in [5.74, 6) is -0.160. The van der Waals surface area contributed by atoms with Gasteiger partial charge in [0.1, 0.15) is 5.69 Å². The SMILES string of the molecule is COCCNC(=O)CSc1ccccc1C(=O)Nc1nc(-c2ccccn2)cs1. The highest BCUT2D eigenvalue weighted by Gasteiger charge is 2.15. The van der Waals surface area contributed by atoms with Crippen LogP contribution in [-0.2, 0) is 9.53 Å². The van der Waals surface area contributed by atoms with Crippen molar-refractivity contribution in [3.8, 4) is 11.4 Å². The van der Waals surface area contributed by atoms with Crippen LogP contribution in [0.1, 0.15) is 10.4 Å². The van der Waals surface area contributed by atoms with E-state index in [-0.39, 0.29) is 17.6 Å². The molecule has 0 saturated heterocycles. The Hall–Kier alpha value is -2.75. The van der Waals surface area contributed by atoms with E-state index in [9.17, 15) is 9.59 Å². The van der Waals surface area contributed by atoms with E-state index in [1.54, 1.807) is 25.4 Å². The van der Waals surface area contributed by atoms with Crippen molar-refractivity contribution < 1.29 is 14.3 Å². The number of carbonyl (C=O) groups is 2. The molecule has 0 radical (unpaired) electrons. The number of amides is 2. The van der Waals surface area contributed by atoms with Crippen molar-refractivity contribution in [2.24, 2.45) is 0 Å². The van der Waals surface area contributed by atoms with E-state index >= 15 is 0 Å². The van der Waals surface area contributed by atoms with Crippen LogP contribution in [0, 0.1) is 0 Å². The summed E-state index contributed by atoms with van der Waals surface area (Å²) < 4.78 is 4.91. The number of rotatable bonds is 9. The smallest absolute Gasteiger partial charge is 0.258 e. The topological polar surface area (TPSA) is 93.2 Å². The van der Waals surface area contributed by atoms with Crippen LogP contribution in [0.2, 0.25) is 0 Å². The summed E-state index contributed by atoms with van der Waals surface area (Å²) in [6.07, 6.45) is 1.70. The number of benzene rings is 1. The number of nitrogens with zero attached hydrogens (tertiary/aromatic N) is 2. The molecule has 7 nitrogen and oxygen atoms in total. The van der Waals surface area contributed by atoms with Gasteiger partial charge in [0.15, 0.2) is 5.13 Å². The molecule has 0 spiro atoms. The monoisotopic (exact) mass is 428 g/mol. The van der Waals surface area contributed by atoms with E-state index in [0.717, 1.165) is 10.6 Å². The number of aromatic nitrogens is 2. The number of anilines is 1. The second-order valence-electron chi connectivity index (χ2n) is 5.83. The van der Waals surface area contributed by atoms with Gasteiger partial charge in [0.05, 0.1) is 23.6 Å². The number of hydrogen-bond acceptors (Lipinski definition) is 7. The average molecular weight is 429 g/mol. The minimum Gasteiger partial charge on any atom is -0.383 e. The Morgan fingerprint density at radius 3 is 2.76 bits per heavy atom. The van der Waals surface area contributed by atoms with E-state index in [1.807, 2.05) is 35.7 Å². The Balaban J connectivity index is 1.63. The van der Waals surface area contributed by atoms with Crippen LogP contribution in [0.3, 0.4) is 0 Å². The molecule has 0 saturated carbocycles. The molecule has 3 rings (SSSR count). The summed E-state index contributed by atoms with van der Waals surface area (Å²) >= 11 is 2.65. The van der Waals surface area contributed by atoms with Gasteiger partial charge in [-0.15, -0.1) is 23.1 Å². The highest BCUT2D eigenvalue weighted by atomic mass is 32.2. The van der Waals surface area contributed by atoms with Crippen molar-refractivity contribution in [3.05, 3.63) is 59.6 Å². The fourth-order valence-corrected chi connectivity index (χ4v) is 3.97. The van der Waals surface area contributed by atoms with Gasteiger partial charge in [0, 0.05) is 30.1 Å². The van der Waals surface area contributed by atoms with Crippen molar-refractivity contribution in [3.63, 3.8) is 0 Å². The maximum Gasteiger partial charge on any atom is 0.258 e. The van der Waals surface area contributed by atoms with E-state index in [1.165, 1.54) is 23.1 Å². The molecule has 2 amide bonds. The van der Waals surface area contributed by atoms with Gasteiger partial charge in [-0.1, -0.05) is 18.2 Å². The molecular weight excluding hydrogens is 408 g/mol. The number of thioether (sulfide) groups is 1. The Labute approximate surface area is 176 Å². The van der Waals surface area contributed by atoms with Crippen LogP contribution < -0.4 is 10.6 Å². The van der Waals surface area contributed by atoms with Crippen molar-refractivity contribution in [1.29, 1.82) is 0 Å². The predicted octanol–water partition coefficient (Wildman–Crippen LogP) is 3.31. The molecule has 9 heteroatoms. The van der Waals surface area contributed by atoms with Crippen LogP contribution in [0.25, 0.3) is 11.4 Å². The summed E-state index contributed by atoms with van der Waals surface area (Å²) in [7, 11) is 1.58. The lowest BCUT2D eigenvalue weighted by Gasteiger charge is -2.09. The summed E-state index contributed by atoms with van der Waals surface area (Å²) in [6, 6.07) is 12.8. The Kier molecular flexibility index (Phi) is 7.74. The van der Waals surface area contributed by atoms with E-state index in [4.69, 9.17) is 4.74 Å². The third kappa shape index (κ3) is 6.11. The van der Waals surface area contributed by atoms with Gasteiger partial charge in [-0.2, -0.15) is 0 Å². The molecule has 0 aliphatic heterocycles. The maximum atomic E-state index is 12.7. The van der Waals surface area contributed by atoms with Crippen LogP contribution in [-0.4, -0.2) is 47.8 Å². The molecule has 0 fully saturated rings. The van der Waals surface area contributed by atoms with Gasteiger partial charge >= 0.3 is 0 Å². The number of methoxy groups -OCH3 is 1. The van der Waals surface area contributed by atoms with Gasteiger partial charge in [-0.3, -0.25) is 19.9 Å². The molecular formula is C20H20N4O3S2. The Morgan fingerprint density at radius 2 is 1.97 bits per heavy atom. The van der Waals surface area contributed by atoms with Crippen molar-refractivity contribution in [2.75, 3.05) is 31.3 Å². The highest BCUT2D eigenvalue weighted by Crippen LogP contribution is 2.26. The van der Waals surface area contributed by atoms with Gasteiger partial charge in [0.2, 0.25) is 5.91 Å². The predicted molar refractivity (Wildman–Crippen MR) is 115 cm³/mol. The fraction of sp³-hybridized carbons (Fsp3) is 0.200. The third-order valence-corrected chi connectivity index (χ3v) is 5.60. The summed E-state index contributed by atoms with van der Waals surface area (Å²) in [5.41, 5.74) is 1.96. The number of thiazole rings is 1.